The van der Waals surface area contributed by atoms with Crippen molar-refractivity contribution < 1.29 is 18.0 Å². The Balaban J connectivity index is 1.94. The fourth-order valence-corrected chi connectivity index (χ4v) is 3.38. The lowest BCUT2D eigenvalue weighted by Crippen LogP contribution is -2.50. The molecule has 0 spiro atoms. The molecule has 1 atom stereocenters. The highest BCUT2D eigenvalue weighted by atomic mass is 32.2. The van der Waals surface area contributed by atoms with E-state index >= 15 is 0 Å². The molecule has 2 rings (SSSR count). The number of rotatable bonds is 8. The van der Waals surface area contributed by atoms with Crippen molar-refractivity contribution in [1.82, 2.24) is 10.6 Å². The number of aryl methyl sites for hydroxylation is 1. The Bertz CT molecular complexity index is 970. The summed E-state index contributed by atoms with van der Waals surface area (Å²) in [5.41, 5.74) is 2.25. The van der Waals surface area contributed by atoms with Crippen LogP contribution in [-0.4, -0.2) is 32.8 Å². The van der Waals surface area contributed by atoms with Crippen LogP contribution in [0.1, 0.15) is 35.3 Å². The number of primary sulfonamides is 1. The summed E-state index contributed by atoms with van der Waals surface area (Å²) in [5.74, 6) is -0.629. The third-order valence-electron chi connectivity index (χ3n) is 4.59. The molecule has 0 radical (unpaired) electrons. The standard InChI is InChI=1S/C21H27N3O4S/c1-14(2)19(24-20(25)18-7-5-4-6-15(18)3)21(26)23-13-12-16-8-10-17(11-9-16)29(22,27)28/h4-11,14,19H,12-13H2,1-3H3,(H,23,26)(H,24,25)(H2,22,27,28)/t19-/m0/s1. The van der Waals surface area contributed by atoms with Gasteiger partial charge in [-0.2, -0.15) is 0 Å². The van der Waals surface area contributed by atoms with Gasteiger partial charge in [-0.3, -0.25) is 9.59 Å². The van der Waals surface area contributed by atoms with E-state index in [2.05, 4.69) is 10.6 Å². The molecule has 0 saturated carbocycles. The van der Waals surface area contributed by atoms with E-state index in [0.717, 1.165) is 11.1 Å². The number of nitrogens with two attached hydrogens (primary N) is 1. The molecule has 0 bridgehead atoms. The topological polar surface area (TPSA) is 118 Å². The second kappa shape index (κ2) is 9.67. The number of carbonyl (C=O) groups is 2. The van der Waals surface area contributed by atoms with Gasteiger partial charge in [0.2, 0.25) is 15.9 Å². The maximum absolute atomic E-state index is 12.6. The minimum Gasteiger partial charge on any atom is -0.354 e. The molecule has 156 valence electrons. The largest absolute Gasteiger partial charge is 0.354 e. The Kier molecular flexibility index (Phi) is 7.53. The highest BCUT2D eigenvalue weighted by molar-refractivity contribution is 7.89. The molecule has 0 aromatic heterocycles. The smallest absolute Gasteiger partial charge is 0.252 e. The summed E-state index contributed by atoms with van der Waals surface area (Å²) in [5, 5.41) is 10.7. The minimum absolute atomic E-state index is 0.0454. The van der Waals surface area contributed by atoms with Gasteiger partial charge < -0.3 is 10.6 Å². The second-order valence-electron chi connectivity index (χ2n) is 7.24. The molecule has 0 aliphatic rings. The second-order valence-corrected chi connectivity index (χ2v) is 8.80. The minimum atomic E-state index is -3.72. The van der Waals surface area contributed by atoms with E-state index in [1.54, 1.807) is 24.3 Å². The van der Waals surface area contributed by atoms with E-state index in [1.807, 2.05) is 32.9 Å². The Morgan fingerprint density at radius 1 is 1.03 bits per heavy atom. The van der Waals surface area contributed by atoms with Crippen LogP contribution < -0.4 is 15.8 Å². The van der Waals surface area contributed by atoms with Crippen LogP contribution in [0.15, 0.2) is 53.4 Å². The number of hydrogen-bond acceptors (Lipinski definition) is 4. The van der Waals surface area contributed by atoms with Crippen molar-refractivity contribution >= 4 is 21.8 Å². The first-order valence-electron chi connectivity index (χ1n) is 9.35. The maximum Gasteiger partial charge on any atom is 0.252 e. The SMILES string of the molecule is Cc1ccccc1C(=O)N[C@H](C(=O)NCCc1ccc(S(N)(=O)=O)cc1)C(C)C. The van der Waals surface area contributed by atoms with E-state index in [1.165, 1.54) is 12.1 Å². The van der Waals surface area contributed by atoms with Gasteiger partial charge in [0.1, 0.15) is 6.04 Å². The van der Waals surface area contributed by atoms with Crippen molar-refractivity contribution in [3.8, 4) is 0 Å². The Hall–Kier alpha value is -2.71. The molecule has 2 amide bonds. The molecule has 0 saturated heterocycles. The Morgan fingerprint density at radius 3 is 2.21 bits per heavy atom. The maximum atomic E-state index is 12.6. The van der Waals surface area contributed by atoms with Gasteiger partial charge in [-0.1, -0.05) is 44.2 Å². The number of nitrogens with one attached hydrogen (secondary N) is 2. The van der Waals surface area contributed by atoms with Gasteiger partial charge in [-0.05, 0) is 48.6 Å². The average molecular weight is 418 g/mol. The van der Waals surface area contributed by atoms with Crippen molar-refractivity contribution in [2.45, 2.75) is 38.1 Å². The van der Waals surface area contributed by atoms with Crippen molar-refractivity contribution in [2.24, 2.45) is 11.1 Å². The van der Waals surface area contributed by atoms with Crippen LogP contribution in [0.3, 0.4) is 0 Å². The van der Waals surface area contributed by atoms with E-state index < -0.39 is 16.1 Å². The van der Waals surface area contributed by atoms with Crippen molar-refractivity contribution in [3.05, 3.63) is 65.2 Å². The molecular weight excluding hydrogens is 390 g/mol. The summed E-state index contributed by atoms with van der Waals surface area (Å²) in [4.78, 5) is 25.2. The molecule has 2 aromatic rings. The molecule has 7 nitrogen and oxygen atoms in total. The number of sulfonamides is 1. The first kappa shape index (κ1) is 22.6. The molecule has 0 aliphatic carbocycles. The van der Waals surface area contributed by atoms with Crippen molar-refractivity contribution in [2.75, 3.05) is 6.54 Å². The third-order valence-corrected chi connectivity index (χ3v) is 5.52. The van der Waals surface area contributed by atoms with Gasteiger partial charge >= 0.3 is 0 Å². The molecule has 2 aromatic carbocycles. The highest BCUT2D eigenvalue weighted by Crippen LogP contribution is 2.11. The summed E-state index contributed by atoms with van der Waals surface area (Å²) < 4.78 is 22.6. The molecule has 0 fully saturated rings. The summed E-state index contributed by atoms with van der Waals surface area (Å²) in [6.45, 7) is 5.94. The van der Waals surface area contributed by atoms with E-state index in [-0.39, 0.29) is 22.6 Å². The van der Waals surface area contributed by atoms with Gasteiger partial charge in [-0.25, -0.2) is 13.6 Å². The number of hydrogen-bond donors (Lipinski definition) is 3. The van der Waals surface area contributed by atoms with E-state index in [4.69, 9.17) is 5.14 Å². The lowest BCUT2D eigenvalue weighted by atomic mass is 10.0. The van der Waals surface area contributed by atoms with Gasteiger partial charge in [0.05, 0.1) is 4.90 Å². The third kappa shape index (κ3) is 6.40. The van der Waals surface area contributed by atoms with Gasteiger partial charge in [0, 0.05) is 12.1 Å². The Labute approximate surface area is 171 Å². The average Bonchev–Trinajstić information content (AvgIpc) is 2.65. The number of benzene rings is 2. The normalized spacial score (nSPS) is 12.4. The highest BCUT2D eigenvalue weighted by Gasteiger charge is 2.24. The molecule has 29 heavy (non-hydrogen) atoms. The van der Waals surface area contributed by atoms with Crippen molar-refractivity contribution in [1.29, 1.82) is 0 Å². The predicted octanol–water partition coefficient (Wildman–Crippen LogP) is 1.76. The summed E-state index contributed by atoms with van der Waals surface area (Å²) >= 11 is 0. The molecule has 0 unspecified atom stereocenters. The lowest BCUT2D eigenvalue weighted by molar-refractivity contribution is -0.123. The van der Waals surface area contributed by atoms with E-state index in [0.29, 0.717) is 18.5 Å². The summed E-state index contributed by atoms with van der Waals surface area (Å²) in [6.07, 6.45) is 0.521. The fraction of sp³-hybridized carbons (Fsp3) is 0.333. The molecule has 0 heterocycles. The monoisotopic (exact) mass is 417 g/mol. The first-order chi connectivity index (χ1) is 13.6. The predicted molar refractivity (Wildman–Crippen MR) is 112 cm³/mol. The zero-order valence-corrected chi connectivity index (χ0v) is 17.6. The van der Waals surface area contributed by atoms with Crippen LogP contribution in [0.5, 0.6) is 0 Å². The zero-order chi connectivity index (χ0) is 21.6. The van der Waals surface area contributed by atoms with Crippen LogP contribution in [-0.2, 0) is 21.2 Å². The quantitative estimate of drug-likeness (QED) is 0.606. The van der Waals surface area contributed by atoms with Crippen LogP contribution >= 0.6 is 0 Å². The van der Waals surface area contributed by atoms with Crippen molar-refractivity contribution in [3.63, 3.8) is 0 Å². The van der Waals surface area contributed by atoms with Crippen LogP contribution in [0, 0.1) is 12.8 Å². The first-order valence-corrected chi connectivity index (χ1v) is 10.9. The van der Waals surface area contributed by atoms with Gasteiger partial charge in [0.15, 0.2) is 0 Å². The van der Waals surface area contributed by atoms with E-state index in [9.17, 15) is 18.0 Å². The molecule has 8 heteroatoms. The fourth-order valence-electron chi connectivity index (χ4n) is 2.87. The Morgan fingerprint density at radius 2 is 1.66 bits per heavy atom. The molecule has 0 aliphatic heterocycles. The lowest BCUT2D eigenvalue weighted by Gasteiger charge is -2.22. The summed E-state index contributed by atoms with van der Waals surface area (Å²) in [6, 6.07) is 12.7. The van der Waals surface area contributed by atoms with Gasteiger partial charge in [-0.15, -0.1) is 0 Å². The van der Waals surface area contributed by atoms with Gasteiger partial charge in [0.25, 0.3) is 5.91 Å². The number of amides is 2. The van der Waals surface area contributed by atoms with Crippen LogP contribution in [0.4, 0.5) is 0 Å². The van der Waals surface area contributed by atoms with Crippen LogP contribution in [0.25, 0.3) is 0 Å². The molecular formula is C21H27N3O4S. The summed E-state index contributed by atoms with van der Waals surface area (Å²) in [7, 11) is -3.72. The number of carbonyl (C=O) groups excluding carboxylic acids is 2. The van der Waals surface area contributed by atoms with Crippen LogP contribution in [0.2, 0.25) is 0 Å². The molecule has 4 N–H and O–H groups in total. The zero-order valence-electron chi connectivity index (χ0n) is 16.8.